The zero-order valence-corrected chi connectivity index (χ0v) is 4.71. The van der Waals surface area contributed by atoms with Gasteiger partial charge in [0, 0.05) is 0 Å². The first-order chi connectivity index (χ1) is 4.86. The molecule has 8 nitrogen and oxygen atoms in total. The Balaban J connectivity index is 2.86. The van der Waals surface area contributed by atoms with E-state index in [9.17, 15) is 0 Å². The van der Waals surface area contributed by atoms with E-state index in [0.717, 1.165) is 4.63 Å². The lowest BCUT2D eigenvalue weighted by molar-refractivity contribution is 0.712. The van der Waals surface area contributed by atoms with Crippen LogP contribution in [0.25, 0.3) is 5.78 Å². The number of rotatable bonds is 0. The molecule has 0 bridgehead atoms. The van der Waals surface area contributed by atoms with Crippen molar-refractivity contribution in [1.82, 2.24) is 35.5 Å². The van der Waals surface area contributed by atoms with Gasteiger partial charge in [-0.05, 0) is 10.4 Å². The average Bonchev–Trinajstić information content (AvgIpc) is 2.33. The van der Waals surface area contributed by atoms with Crippen molar-refractivity contribution >= 4 is 11.7 Å². The molecule has 8 heteroatoms. The minimum Gasteiger partial charge on any atom is -0.365 e. The molecule has 0 saturated heterocycles. The normalized spacial score (nSPS) is 10.4. The van der Waals surface area contributed by atoms with Crippen LogP contribution in [0.3, 0.4) is 0 Å². The smallest absolute Gasteiger partial charge is 0.309 e. The van der Waals surface area contributed by atoms with Gasteiger partial charge in [-0.2, -0.15) is 0 Å². The lowest BCUT2D eigenvalue weighted by Gasteiger charge is -1.85. The second-order valence-electron chi connectivity index (χ2n) is 1.53. The number of hydrogen-bond donors (Lipinski definition) is 1. The molecule has 0 unspecified atom stereocenters. The van der Waals surface area contributed by atoms with Crippen LogP contribution >= 0.6 is 0 Å². The summed E-state index contributed by atoms with van der Waals surface area (Å²) in [5, 5.41) is 20.8. The Morgan fingerprint density at radius 1 is 1.20 bits per heavy atom. The molecule has 0 radical (unpaired) electrons. The number of nitrogens with zero attached hydrogens (tertiary/aromatic N) is 7. The Labute approximate surface area is 54.0 Å². The molecule has 0 aliphatic carbocycles. The first-order valence-corrected chi connectivity index (χ1v) is 2.41. The standard InChI is InChI=1S/C2H2N8/c3-1-4-5-2-6-8-9-10(2)7-1/h(H2,3,7). The zero-order chi connectivity index (χ0) is 6.97. The lowest BCUT2D eigenvalue weighted by Crippen LogP contribution is -2.04. The van der Waals surface area contributed by atoms with Gasteiger partial charge in [0.25, 0.3) is 5.95 Å². The predicted octanol–water partition coefficient (Wildman–Crippen LogP) is -2.11. The number of anilines is 1. The van der Waals surface area contributed by atoms with Crippen LogP contribution in [-0.4, -0.2) is 35.5 Å². The van der Waals surface area contributed by atoms with Crippen LogP contribution in [0.4, 0.5) is 5.95 Å². The van der Waals surface area contributed by atoms with Gasteiger partial charge < -0.3 is 5.73 Å². The van der Waals surface area contributed by atoms with E-state index < -0.39 is 0 Å². The Morgan fingerprint density at radius 3 is 3.00 bits per heavy atom. The van der Waals surface area contributed by atoms with Crippen molar-refractivity contribution in [3.63, 3.8) is 0 Å². The number of tetrazole rings is 1. The predicted molar refractivity (Wildman–Crippen MR) is 28.6 cm³/mol. The van der Waals surface area contributed by atoms with Gasteiger partial charge in [-0.3, -0.25) is 0 Å². The van der Waals surface area contributed by atoms with Crippen LogP contribution in [-0.2, 0) is 0 Å². The summed E-state index contributed by atoms with van der Waals surface area (Å²) in [6, 6.07) is 0. The summed E-state index contributed by atoms with van der Waals surface area (Å²) in [5.41, 5.74) is 5.18. The van der Waals surface area contributed by atoms with Gasteiger partial charge >= 0.3 is 5.78 Å². The van der Waals surface area contributed by atoms with Crippen molar-refractivity contribution in [3.8, 4) is 0 Å². The van der Waals surface area contributed by atoms with Crippen LogP contribution in [0, 0.1) is 0 Å². The summed E-state index contributed by atoms with van der Waals surface area (Å²) in [4.78, 5) is 0. The summed E-state index contributed by atoms with van der Waals surface area (Å²) < 4.78 is 1.10. The van der Waals surface area contributed by atoms with Crippen LogP contribution in [0.2, 0.25) is 0 Å². The van der Waals surface area contributed by atoms with Crippen LogP contribution in [0.5, 0.6) is 0 Å². The molecule has 0 saturated carbocycles. The van der Waals surface area contributed by atoms with Gasteiger partial charge in [0.1, 0.15) is 0 Å². The maximum Gasteiger partial charge on any atom is 0.309 e. The van der Waals surface area contributed by atoms with Gasteiger partial charge in [0.15, 0.2) is 0 Å². The quantitative estimate of drug-likeness (QED) is 0.443. The van der Waals surface area contributed by atoms with Gasteiger partial charge in [0.2, 0.25) is 0 Å². The molecule has 0 aliphatic heterocycles. The first-order valence-electron chi connectivity index (χ1n) is 2.41. The summed E-state index contributed by atoms with van der Waals surface area (Å²) in [5.74, 6) is 0.272. The molecule has 2 aromatic rings. The van der Waals surface area contributed by atoms with Crippen LogP contribution in [0.1, 0.15) is 0 Å². The minimum atomic E-state index is 0.0415. The van der Waals surface area contributed by atoms with Gasteiger partial charge in [-0.1, -0.05) is 9.73 Å². The third-order valence-corrected chi connectivity index (χ3v) is 0.877. The Kier molecular flexibility index (Phi) is 0.774. The molecular weight excluding hydrogens is 136 g/mol. The number of fused-ring (bicyclic) bond motifs is 1. The fourth-order valence-electron chi connectivity index (χ4n) is 0.516. The molecular formula is C2H2N8. The maximum atomic E-state index is 5.18. The van der Waals surface area contributed by atoms with Crippen molar-refractivity contribution < 1.29 is 0 Å². The van der Waals surface area contributed by atoms with Crippen molar-refractivity contribution in [2.75, 3.05) is 5.73 Å². The zero-order valence-electron chi connectivity index (χ0n) is 4.71. The van der Waals surface area contributed by atoms with E-state index in [2.05, 4.69) is 30.8 Å². The Hall–Kier alpha value is -1.86. The molecule has 2 aromatic heterocycles. The van der Waals surface area contributed by atoms with Crippen molar-refractivity contribution in [3.05, 3.63) is 0 Å². The second-order valence-corrected chi connectivity index (χ2v) is 1.53. The molecule has 10 heavy (non-hydrogen) atoms. The first kappa shape index (κ1) is 4.97. The molecule has 0 fully saturated rings. The highest BCUT2D eigenvalue weighted by atomic mass is 15.6. The van der Waals surface area contributed by atoms with E-state index >= 15 is 0 Å². The maximum absolute atomic E-state index is 5.18. The van der Waals surface area contributed by atoms with Gasteiger partial charge in [0.05, 0.1) is 0 Å². The molecule has 50 valence electrons. The Morgan fingerprint density at radius 2 is 2.10 bits per heavy atom. The fourth-order valence-corrected chi connectivity index (χ4v) is 0.516. The van der Waals surface area contributed by atoms with Crippen LogP contribution < -0.4 is 5.73 Å². The number of hydrogen-bond acceptors (Lipinski definition) is 7. The van der Waals surface area contributed by atoms with E-state index in [1.54, 1.807) is 0 Å². The van der Waals surface area contributed by atoms with Crippen molar-refractivity contribution in [1.29, 1.82) is 0 Å². The number of aromatic nitrogens is 7. The van der Waals surface area contributed by atoms with E-state index in [1.807, 2.05) is 0 Å². The largest absolute Gasteiger partial charge is 0.365 e. The summed E-state index contributed by atoms with van der Waals surface area (Å²) >= 11 is 0. The van der Waals surface area contributed by atoms with Crippen molar-refractivity contribution in [2.24, 2.45) is 0 Å². The number of nitrogen functional groups attached to an aromatic ring is 1. The highest BCUT2D eigenvalue weighted by Crippen LogP contribution is 1.85. The second kappa shape index (κ2) is 1.56. The fraction of sp³-hybridized carbons (Fsp3) is 0. The third kappa shape index (κ3) is 0.552. The van der Waals surface area contributed by atoms with Crippen LogP contribution in [0.15, 0.2) is 0 Å². The molecule has 2 N–H and O–H groups in total. The summed E-state index contributed by atoms with van der Waals surface area (Å²) in [6.45, 7) is 0. The lowest BCUT2D eigenvalue weighted by atomic mass is 11.1. The van der Waals surface area contributed by atoms with E-state index in [0.29, 0.717) is 0 Å². The average molecular weight is 138 g/mol. The summed E-state index contributed by atoms with van der Waals surface area (Å²) in [7, 11) is 0. The monoisotopic (exact) mass is 138 g/mol. The van der Waals surface area contributed by atoms with Gasteiger partial charge in [-0.25, -0.2) is 0 Å². The molecule has 2 rings (SSSR count). The number of nitrogens with two attached hydrogens (primary N) is 1. The summed E-state index contributed by atoms with van der Waals surface area (Å²) in [6.07, 6.45) is 0. The topological polar surface area (TPSA) is 108 Å². The molecule has 0 amide bonds. The van der Waals surface area contributed by atoms with E-state index in [1.165, 1.54) is 0 Å². The van der Waals surface area contributed by atoms with Gasteiger partial charge in [-0.15, -0.1) is 15.3 Å². The minimum absolute atomic E-state index is 0.0415. The molecule has 0 aliphatic rings. The molecule has 0 atom stereocenters. The third-order valence-electron chi connectivity index (χ3n) is 0.877. The highest BCUT2D eigenvalue weighted by molar-refractivity contribution is 5.20. The molecule has 0 spiro atoms. The molecule has 0 aromatic carbocycles. The SMILES string of the molecule is Nc1nnc2nnnn2n1. The van der Waals surface area contributed by atoms with Crippen molar-refractivity contribution in [2.45, 2.75) is 0 Å². The Bertz CT molecular complexity index is 349. The van der Waals surface area contributed by atoms with E-state index in [4.69, 9.17) is 5.73 Å². The highest BCUT2D eigenvalue weighted by Gasteiger charge is 1.98. The van der Waals surface area contributed by atoms with E-state index in [-0.39, 0.29) is 11.7 Å². The molecule has 2 heterocycles.